The lowest BCUT2D eigenvalue weighted by molar-refractivity contribution is -0.121. The van der Waals surface area contributed by atoms with Gasteiger partial charge in [0, 0.05) is 37.1 Å². The number of hydrogen-bond acceptors (Lipinski definition) is 5. The van der Waals surface area contributed by atoms with Crippen LogP contribution in [-0.2, 0) is 26.6 Å². The number of imidazole rings is 1. The van der Waals surface area contributed by atoms with Crippen molar-refractivity contribution < 1.29 is 17.6 Å². The van der Waals surface area contributed by atoms with Crippen LogP contribution in [0.2, 0.25) is 0 Å². The highest BCUT2D eigenvalue weighted by Gasteiger charge is 2.27. The number of carbonyl (C=O) groups is 1. The molecule has 1 aliphatic carbocycles. The highest BCUT2D eigenvalue weighted by atomic mass is 32.2. The summed E-state index contributed by atoms with van der Waals surface area (Å²) in [5, 5.41) is 0. The zero-order chi connectivity index (χ0) is 22.4. The van der Waals surface area contributed by atoms with Gasteiger partial charge in [0.2, 0.25) is 15.8 Å². The van der Waals surface area contributed by atoms with Gasteiger partial charge in [0.15, 0.2) is 0 Å². The normalized spacial score (nSPS) is 16.2. The maximum atomic E-state index is 13.5. The van der Waals surface area contributed by atoms with Crippen molar-refractivity contribution in [3.63, 3.8) is 0 Å². The minimum absolute atomic E-state index is 0.0685. The van der Waals surface area contributed by atoms with E-state index in [1.165, 1.54) is 6.07 Å². The van der Waals surface area contributed by atoms with Crippen LogP contribution in [0, 0.1) is 11.9 Å². The Balaban J connectivity index is 1.78. The smallest absolute Gasteiger partial charge is 0.214 e. The van der Waals surface area contributed by atoms with Gasteiger partial charge in [-0.2, -0.15) is 4.39 Å². The molecule has 0 aliphatic heterocycles. The average molecular weight is 444 g/mol. The lowest BCUT2D eigenvalue weighted by Crippen LogP contribution is -2.24. The van der Waals surface area contributed by atoms with Crippen LogP contribution in [0.25, 0.3) is 11.0 Å². The fraction of sp³-hybridized carbons (Fsp3) is 0.435. The Morgan fingerprint density at radius 1 is 1.10 bits per heavy atom. The summed E-state index contributed by atoms with van der Waals surface area (Å²) in [6.45, 7) is 6.98. The molecule has 0 radical (unpaired) electrons. The topological polar surface area (TPSA) is 81.9 Å². The number of sulfone groups is 1. The number of hydrogen-bond donors (Lipinski definition) is 0. The first-order valence-corrected chi connectivity index (χ1v) is 11.9. The quantitative estimate of drug-likeness (QED) is 0.556. The Bertz CT molecular complexity index is 1250. The molecule has 0 amide bonds. The van der Waals surface area contributed by atoms with Crippen LogP contribution in [0.1, 0.15) is 52.3 Å². The van der Waals surface area contributed by atoms with E-state index < -0.39 is 15.8 Å². The van der Waals surface area contributed by atoms with E-state index in [9.17, 15) is 17.6 Å². The van der Waals surface area contributed by atoms with Crippen molar-refractivity contribution in [3.8, 4) is 0 Å². The second-order valence-corrected chi connectivity index (χ2v) is 11.2. The number of benzene rings is 1. The van der Waals surface area contributed by atoms with E-state index >= 15 is 0 Å². The van der Waals surface area contributed by atoms with Crippen LogP contribution in [0.3, 0.4) is 0 Å². The van der Waals surface area contributed by atoms with E-state index in [1.807, 2.05) is 0 Å². The number of Topliss-reactive ketones (excluding diaryl/α,β-unsaturated/α-hetero) is 1. The molecule has 1 aliphatic rings. The third-order valence-corrected chi connectivity index (χ3v) is 7.56. The molecule has 1 fully saturated rings. The van der Waals surface area contributed by atoms with Crippen molar-refractivity contribution in [1.82, 2.24) is 14.5 Å². The molecule has 0 unspecified atom stereocenters. The lowest BCUT2D eigenvalue weighted by Gasteiger charge is -2.26. The fourth-order valence-corrected chi connectivity index (χ4v) is 5.44. The number of carbonyl (C=O) groups excluding carboxylic acids is 1. The van der Waals surface area contributed by atoms with Gasteiger partial charge in [0.05, 0.1) is 20.8 Å². The first-order valence-electron chi connectivity index (χ1n) is 10.4. The zero-order valence-electron chi connectivity index (χ0n) is 17.9. The van der Waals surface area contributed by atoms with Gasteiger partial charge < -0.3 is 4.57 Å². The Morgan fingerprint density at radius 2 is 1.77 bits per heavy atom. The van der Waals surface area contributed by atoms with E-state index in [2.05, 4.69) is 30.3 Å². The molecule has 0 N–H and O–H groups in total. The number of halogens is 1. The zero-order valence-corrected chi connectivity index (χ0v) is 18.7. The molecular weight excluding hydrogens is 417 g/mol. The number of pyridine rings is 1. The Morgan fingerprint density at radius 3 is 2.42 bits per heavy atom. The van der Waals surface area contributed by atoms with E-state index in [-0.39, 0.29) is 15.2 Å². The number of rotatable bonds is 4. The number of aromatic nitrogens is 3. The molecule has 6 nitrogen and oxygen atoms in total. The van der Waals surface area contributed by atoms with E-state index in [0.29, 0.717) is 30.1 Å². The highest BCUT2D eigenvalue weighted by molar-refractivity contribution is 7.91. The molecule has 1 saturated carbocycles. The molecule has 0 spiro atoms. The standard InChI is InChI=1S/C23H26FN3O3S/c1-23(2,3)22-26-19-12-17(31(29,30)18-10-11-25-21(24)13-18)8-9-20(19)27(22)14-15-4-6-16(28)7-5-15/h8-13,15H,4-7,14H2,1-3H3. The highest BCUT2D eigenvalue weighted by Crippen LogP contribution is 2.32. The maximum Gasteiger partial charge on any atom is 0.214 e. The third kappa shape index (κ3) is 4.26. The SMILES string of the molecule is CC(C)(C)c1nc2cc(S(=O)(=O)c3ccnc(F)c3)ccc2n1CC1CCC(=O)CC1. The summed E-state index contributed by atoms with van der Waals surface area (Å²) in [6, 6.07) is 7.08. The van der Waals surface area contributed by atoms with Crippen molar-refractivity contribution in [2.24, 2.45) is 5.92 Å². The lowest BCUT2D eigenvalue weighted by atomic mass is 9.88. The Hall–Kier alpha value is -2.61. The Kier molecular flexibility index (Phi) is 5.45. The van der Waals surface area contributed by atoms with Crippen LogP contribution >= 0.6 is 0 Å². The molecule has 0 atom stereocenters. The average Bonchev–Trinajstić information content (AvgIpc) is 3.08. The summed E-state index contributed by atoms with van der Waals surface area (Å²) in [5.41, 5.74) is 1.21. The molecule has 2 aromatic heterocycles. The molecule has 31 heavy (non-hydrogen) atoms. The number of nitrogens with zero attached hydrogens (tertiary/aromatic N) is 3. The van der Waals surface area contributed by atoms with Crippen LogP contribution in [0.5, 0.6) is 0 Å². The van der Waals surface area contributed by atoms with E-state index in [0.717, 1.165) is 43.0 Å². The largest absolute Gasteiger partial charge is 0.327 e. The summed E-state index contributed by atoms with van der Waals surface area (Å²) in [6.07, 6.45) is 4.10. The molecule has 0 bridgehead atoms. The molecule has 164 valence electrons. The predicted octanol–water partition coefficient (Wildman–Crippen LogP) is 4.46. The molecule has 0 saturated heterocycles. The van der Waals surface area contributed by atoms with E-state index in [1.54, 1.807) is 18.2 Å². The van der Waals surface area contributed by atoms with Gasteiger partial charge in [0.25, 0.3) is 0 Å². The minimum atomic E-state index is -3.89. The monoisotopic (exact) mass is 443 g/mol. The van der Waals surface area contributed by atoms with Crippen LogP contribution in [0.15, 0.2) is 46.3 Å². The fourth-order valence-electron chi connectivity index (χ4n) is 4.16. The molecule has 8 heteroatoms. The molecule has 4 rings (SSSR count). The van der Waals surface area contributed by atoms with Crippen molar-refractivity contribution in [2.45, 2.75) is 68.2 Å². The summed E-state index contributed by atoms with van der Waals surface area (Å²) in [5.74, 6) is 0.751. The van der Waals surface area contributed by atoms with Gasteiger partial charge in [0.1, 0.15) is 11.6 Å². The molecule has 3 aromatic rings. The van der Waals surface area contributed by atoms with Gasteiger partial charge >= 0.3 is 0 Å². The number of fused-ring (bicyclic) bond motifs is 1. The van der Waals surface area contributed by atoms with Crippen LogP contribution in [0.4, 0.5) is 4.39 Å². The van der Waals surface area contributed by atoms with Crippen molar-refractivity contribution in [2.75, 3.05) is 0 Å². The van der Waals surface area contributed by atoms with Crippen molar-refractivity contribution in [1.29, 1.82) is 0 Å². The van der Waals surface area contributed by atoms with Crippen molar-refractivity contribution >= 4 is 26.7 Å². The van der Waals surface area contributed by atoms with Crippen molar-refractivity contribution in [3.05, 3.63) is 48.3 Å². The van der Waals surface area contributed by atoms with Crippen LogP contribution in [-0.4, -0.2) is 28.7 Å². The maximum absolute atomic E-state index is 13.5. The summed E-state index contributed by atoms with van der Waals surface area (Å²) in [7, 11) is -3.89. The second-order valence-electron chi connectivity index (χ2n) is 9.25. The minimum Gasteiger partial charge on any atom is -0.327 e. The van der Waals surface area contributed by atoms with Gasteiger partial charge in [-0.25, -0.2) is 18.4 Å². The molecular formula is C23H26FN3O3S. The Labute approximate surface area is 181 Å². The molecule has 2 heterocycles. The molecule has 1 aromatic carbocycles. The number of ketones is 1. The van der Waals surface area contributed by atoms with E-state index in [4.69, 9.17) is 4.98 Å². The summed E-state index contributed by atoms with van der Waals surface area (Å²) >= 11 is 0. The van der Waals surface area contributed by atoms with Gasteiger partial charge in [-0.3, -0.25) is 4.79 Å². The van der Waals surface area contributed by atoms with Gasteiger partial charge in [-0.15, -0.1) is 0 Å². The first kappa shape index (κ1) is 21.6. The summed E-state index contributed by atoms with van der Waals surface area (Å²) < 4.78 is 41.7. The van der Waals surface area contributed by atoms with Gasteiger partial charge in [-0.1, -0.05) is 20.8 Å². The van der Waals surface area contributed by atoms with Gasteiger partial charge in [-0.05, 0) is 43.0 Å². The first-order chi connectivity index (χ1) is 14.6. The summed E-state index contributed by atoms with van der Waals surface area (Å²) in [4.78, 5) is 19.8. The second kappa shape index (κ2) is 7.82. The predicted molar refractivity (Wildman–Crippen MR) is 115 cm³/mol. The third-order valence-electron chi connectivity index (χ3n) is 5.81. The van der Waals surface area contributed by atoms with Crippen LogP contribution < -0.4 is 0 Å².